The molecule has 0 aliphatic carbocycles. The van der Waals surface area contributed by atoms with Crippen LogP contribution in [0.5, 0.6) is 0 Å². The number of halogens is 3. The van der Waals surface area contributed by atoms with Crippen molar-refractivity contribution >= 4 is 6.41 Å². The Labute approximate surface area is 170 Å². The summed E-state index contributed by atoms with van der Waals surface area (Å²) in [5.74, 6) is -0.178. The van der Waals surface area contributed by atoms with Crippen LogP contribution in [0, 0.1) is 5.82 Å². The molecule has 0 radical (unpaired) electrons. The highest BCUT2D eigenvalue weighted by molar-refractivity contribution is 5.49. The van der Waals surface area contributed by atoms with E-state index in [1.165, 1.54) is 49.2 Å². The molecular weight excluding hydrogens is 381 g/mol. The lowest BCUT2D eigenvalue weighted by molar-refractivity contribution is -0.118. The maximum absolute atomic E-state index is 11.9. The van der Waals surface area contributed by atoms with Crippen molar-refractivity contribution in [1.29, 1.82) is 0 Å². The Hall–Kier alpha value is -2.38. The van der Waals surface area contributed by atoms with Crippen LogP contribution in [0.15, 0.2) is 54.6 Å². The van der Waals surface area contributed by atoms with E-state index in [1.54, 1.807) is 18.2 Å². The predicted octanol–water partition coefficient (Wildman–Crippen LogP) is 4.25. The minimum atomic E-state index is -2.62. The Balaban J connectivity index is 0.000000211. The molecule has 0 atom stereocenters. The normalized spacial score (nSPS) is 14.3. The first-order chi connectivity index (χ1) is 14.1. The lowest BCUT2D eigenvalue weighted by Gasteiger charge is -2.24. The Morgan fingerprint density at radius 2 is 1.55 bits per heavy atom. The molecule has 0 spiro atoms. The highest BCUT2D eigenvalue weighted by Gasteiger charge is 2.12. The van der Waals surface area contributed by atoms with Crippen molar-refractivity contribution in [1.82, 2.24) is 10.2 Å². The molecule has 160 valence electrons. The zero-order valence-electron chi connectivity index (χ0n) is 16.7. The number of carbonyl (C=O) groups excluding carboxylic acids is 1. The minimum absolute atomic E-state index is 0.178. The summed E-state index contributed by atoms with van der Waals surface area (Å²) in [5.41, 5.74) is 2.67. The summed E-state index contributed by atoms with van der Waals surface area (Å²) in [6.07, 6.45) is 4.70. The molecule has 2 aromatic rings. The van der Waals surface area contributed by atoms with E-state index in [2.05, 4.69) is 28.3 Å². The summed E-state index contributed by atoms with van der Waals surface area (Å²) in [4.78, 5) is 12.3. The minimum Gasteiger partial charge on any atom is -0.341 e. The van der Waals surface area contributed by atoms with Crippen LogP contribution < -0.4 is 5.32 Å². The summed E-state index contributed by atoms with van der Waals surface area (Å²) in [6.45, 7) is 1.52. The molecule has 1 N–H and O–H groups in total. The molecule has 7 heteroatoms. The summed E-state index contributed by atoms with van der Waals surface area (Å²) >= 11 is 0. The van der Waals surface area contributed by atoms with Gasteiger partial charge in [0.15, 0.2) is 0 Å². The van der Waals surface area contributed by atoms with Gasteiger partial charge in [-0.15, -0.1) is 0 Å². The van der Waals surface area contributed by atoms with Gasteiger partial charge in [-0.3, -0.25) is 4.79 Å². The van der Waals surface area contributed by atoms with Crippen molar-refractivity contribution in [2.75, 3.05) is 26.7 Å². The molecule has 1 fully saturated rings. The Morgan fingerprint density at radius 3 is 1.97 bits per heavy atom. The Bertz CT molecular complexity index is 661. The average molecular weight is 410 g/mol. The SMILES string of the molecule is C1CCNC1.COC(F)F.Fc1ccccc1.O=CN1CCc2ccccc2C1. The second-order valence-corrected chi connectivity index (χ2v) is 6.34. The lowest BCUT2D eigenvalue weighted by atomic mass is 10.0. The molecule has 4 nitrogen and oxygen atoms in total. The Morgan fingerprint density at radius 1 is 1.00 bits per heavy atom. The van der Waals surface area contributed by atoms with Crippen LogP contribution in [-0.2, 0) is 22.5 Å². The first-order valence-corrected chi connectivity index (χ1v) is 9.55. The first kappa shape index (κ1) is 24.7. The summed E-state index contributed by atoms with van der Waals surface area (Å²) < 4.78 is 36.4. The van der Waals surface area contributed by atoms with E-state index in [-0.39, 0.29) is 5.82 Å². The van der Waals surface area contributed by atoms with Crippen LogP contribution in [0.1, 0.15) is 24.0 Å². The molecule has 0 bridgehead atoms. The number of methoxy groups -OCH3 is 1. The second kappa shape index (κ2) is 15.5. The third kappa shape index (κ3) is 11.9. The van der Waals surface area contributed by atoms with Crippen molar-refractivity contribution in [3.63, 3.8) is 0 Å². The summed E-state index contributed by atoms with van der Waals surface area (Å²) in [6, 6.07) is 16.2. The molecule has 4 rings (SSSR count). The first-order valence-electron chi connectivity index (χ1n) is 9.55. The molecular formula is C22H29F3N2O2. The number of fused-ring (bicyclic) bond motifs is 1. The van der Waals surface area contributed by atoms with Gasteiger partial charge >= 0.3 is 6.61 Å². The monoisotopic (exact) mass is 410 g/mol. The number of hydrogen-bond acceptors (Lipinski definition) is 3. The molecule has 0 saturated carbocycles. The predicted molar refractivity (Wildman–Crippen MR) is 108 cm³/mol. The van der Waals surface area contributed by atoms with Gasteiger partial charge in [0, 0.05) is 20.2 Å². The van der Waals surface area contributed by atoms with Crippen LogP contribution in [0.3, 0.4) is 0 Å². The van der Waals surface area contributed by atoms with E-state index < -0.39 is 6.61 Å². The molecule has 0 aromatic heterocycles. The fraction of sp³-hybridized carbons (Fsp3) is 0.409. The quantitative estimate of drug-likeness (QED) is 0.753. The maximum atomic E-state index is 11.9. The van der Waals surface area contributed by atoms with Crippen LogP contribution >= 0.6 is 0 Å². The number of rotatable bonds is 2. The number of hydrogen-bond donors (Lipinski definition) is 1. The van der Waals surface area contributed by atoms with Gasteiger partial charge in [-0.2, -0.15) is 8.78 Å². The molecule has 29 heavy (non-hydrogen) atoms. The number of alkyl halides is 2. The van der Waals surface area contributed by atoms with Gasteiger partial charge < -0.3 is 15.0 Å². The number of benzene rings is 2. The highest BCUT2D eigenvalue weighted by Crippen LogP contribution is 2.16. The maximum Gasteiger partial charge on any atom is 0.345 e. The van der Waals surface area contributed by atoms with Crippen molar-refractivity contribution in [2.45, 2.75) is 32.4 Å². The van der Waals surface area contributed by atoms with Gasteiger partial charge in [0.2, 0.25) is 6.41 Å². The molecule has 2 aliphatic heterocycles. The van der Waals surface area contributed by atoms with Crippen LogP contribution in [0.4, 0.5) is 13.2 Å². The number of carbonyl (C=O) groups is 1. The fourth-order valence-corrected chi connectivity index (χ4v) is 2.65. The summed E-state index contributed by atoms with van der Waals surface area (Å²) in [5, 5.41) is 3.22. The molecule has 0 unspecified atom stereocenters. The average Bonchev–Trinajstić information content (AvgIpc) is 3.35. The van der Waals surface area contributed by atoms with Crippen LogP contribution in [0.2, 0.25) is 0 Å². The van der Waals surface area contributed by atoms with Crippen molar-refractivity contribution in [2.24, 2.45) is 0 Å². The zero-order valence-corrected chi connectivity index (χ0v) is 16.7. The molecule has 2 aromatic carbocycles. The van der Waals surface area contributed by atoms with E-state index in [9.17, 15) is 18.0 Å². The molecule has 2 heterocycles. The largest absolute Gasteiger partial charge is 0.345 e. The van der Waals surface area contributed by atoms with Crippen LogP contribution in [0.25, 0.3) is 0 Å². The van der Waals surface area contributed by atoms with Gasteiger partial charge in [0.25, 0.3) is 0 Å². The van der Waals surface area contributed by atoms with Crippen LogP contribution in [-0.4, -0.2) is 44.7 Å². The summed E-state index contributed by atoms with van der Waals surface area (Å²) in [7, 11) is 0.949. The number of nitrogens with one attached hydrogen (secondary N) is 1. The number of nitrogens with zero attached hydrogens (tertiary/aromatic N) is 1. The number of amides is 1. The fourth-order valence-electron chi connectivity index (χ4n) is 2.65. The van der Waals surface area contributed by atoms with Gasteiger partial charge in [-0.1, -0.05) is 42.5 Å². The van der Waals surface area contributed by atoms with Crippen molar-refractivity contribution in [3.05, 3.63) is 71.5 Å². The highest BCUT2D eigenvalue weighted by atomic mass is 19.3. The second-order valence-electron chi connectivity index (χ2n) is 6.34. The van der Waals surface area contributed by atoms with Crippen molar-refractivity contribution in [3.8, 4) is 0 Å². The van der Waals surface area contributed by atoms with Gasteiger partial charge in [0.1, 0.15) is 5.82 Å². The van der Waals surface area contributed by atoms with E-state index in [1.807, 2.05) is 11.0 Å². The standard InChI is InChI=1S/C10H11NO.C6H5F.C4H9N.C2H4F2O/c12-8-11-6-5-9-3-1-2-4-10(9)7-11;7-6-4-2-1-3-5-6;1-2-4-5-3-1;1-5-2(3)4/h1-4,8H,5-7H2;1-5H;5H,1-4H2;2H,1H3. The zero-order chi connectivity index (χ0) is 21.3. The third-order valence-corrected chi connectivity index (χ3v) is 4.18. The van der Waals surface area contributed by atoms with E-state index in [0.717, 1.165) is 33.0 Å². The molecule has 2 aliphatic rings. The van der Waals surface area contributed by atoms with Gasteiger partial charge in [-0.05, 0) is 55.6 Å². The lowest BCUT2D eigenvalue weighted by Crippen LogP contribution is -2.28. The van der Waals surface area contributed by atoms with E-state index >= 15 is 0 Å². The topological polar surface area (TPSA) is 41.6 Å². The van der Waals surface area contributed by atoms with Gasteiger partial charge in [0.05, 0.1) is 0 Å². The van der Waals surface area contributed by atoms with Crippen molar-refractivity contribution < 1.29 is 22.7 Å². The molecule has 1 saturated heterocycles. The third-order valence-electron chi connectivity index (χ3n) is 4.18. The molecule has 1 amide bonds. The van der Waals surface area contributed by atoms with E-state index in [0.29, 0.717) is 0 Å². The van der Waals surface area contributed by atoms with Gasteiger partial charge in [-0.25, -0.2) is 4.39 Å². The smallest absolute Gasteiger partial charge is 0.341 e. The van der Waals surface area contributed by atoms with E-state index in [4.69, 9.17) is 0 Å². The Kier molecular flexibility index (Phi) is 13.2. The number of ether oxygens (including phenoxy) is 1.